The van der Waals surface area contributed by atoms with E-state index >= 15 is 0 Å². The van der Waals surface area contributed by atoms with Gasteiger partial charge in [-0.15, -0.1) is 11.3 Å². The van der Waals surface area contributed by atoms with Gasteiger partial charge < -0.3 is 10.1 Å². The molecule has 1 N–H and O–H groups in total. The molecule has 0 spiro atoms. The quantitative estimate of drug-likeness (QED) is 0.534. The maximum absolute atomic E-state index is 12.4. The molecule has 0 bridgehead atoms. The van der Waals surface area contributed by atoms with Gasteiger partial charge in [0.1, 0.15) is 12.4 Å². The molecule has 3 nitrogen and oxygen atoms in total. The van der Waals surface area contributed by atoms with Crippen LogP contribution in [0.1, 0.15) is 40.2 Å². The fraction of sp³-hybridized carbons (Fsp3) is 0.174. The summed E-state index contributed by atoms with van der Waals surface area (Å²) in [6.45, 7) is 4.53. The Morgan fingerprint density at radius 1 is 1.11 bits per heavy atom. The number of hydrogen-bond acceptors (Lipinski definition) is 3. The molecule has 0 aliphatic rings. The lowest BCUT2D eigenvalue weighted by Gasteiger charge is -2.08. The number of anilines is 1. The zero-order valence-electron chi connectivity index (χ0n) is 15.6. The Hall–Kier alpha value is -2.85. The van der Waals surface area contributed by atoms with Crippen LogP contribution in [0.15, 0.2) is 66.1 Å². The van der Waals surface area contributed by atoms with Gasteiger partial charge in [-0.1, -0.05) is 49.4 Å². The van der Waals surface area contributed by atoms with Gasteiger partial charge >= 0.3 is 0 Å². The molecule has 1 amide bonds. The first-order valence-corrected chi connectivity index (χ1v) is 9.89. The summed E-state index contributed by atoms with van der Waals surface area (Å²) < 4.78 is 5.94. The van der Waals surface area contributed by atoms with Crippen molar-refractivity contribution < 1.29 is 9.53 Å². The third-order valence-corrected chi connectivity index (χ3v) is 5.13. The van der Waals surface area contributed by atoms with Gasteiger partial charge in [0.25, 0.3) is 5.91 Å². The van der Waals surface area contributed by atoms with Crippen LogP contribution in [0.25, 0.3) is 6.08 Å². The van der Waals surface area contributed by atoms with Crippen molar-refractivity contribution in [3.05, 3.63) is 87.6 Å². The standard InChI is InChI=1S/C23H23NO2S/c1-3-7-19-8-5-6-9-21(19)26-15-18-14-22(27-16-18)23(25)24-20-12-10-17(4-2)11-13-20/h3,5-14,16H,4,15H2,1-2H3,(H,24,25)/b7-3+. The second kappa shape index (κ2) is 9.19. The SMILES string of the molecule is C/C=C/c1ccccc1OCc1csc(C(=O)Nc2ccc(CC)cc2)c1. The van der Waals surface area contributed by atoms with Gasteiger partial charge in [-0.3, -0.25) is 4.79 Å². The number of ether oxygens (including phenoxy) is 1. The summed E-state index contributed by atoms with van der Waals surface area (Å²) in [7, 11) is 0. The van der Waals surface area contributed by atoms with Gasteiger partial charge in [0.2, 0.25) is 0 Å². The second-order valence-electron chi connectivity index (χ2n) is 6.15. The molecule has 27 heavy (non-hydrogen) atoms. The van der Waals surface area contributed by atoms with Crippen LogP contribution in [-0.2, 0) is 13.0 Å². The van der Waals surface area contributed by atoms with E-state index in [0.29, 0.717) is 11.5 Å². The lowest BCUT2D eigenvalue weighted by Crippen LogP contribution is -2.10. The molecule has 0 saturated carbocycles. The first kappa shape index (κ1) is 18.9. The van der Waals surface area contributed by atoms with Crippen molar-refractivity contribution in [3.8, 4) is 5.75 Å². The van der Waals surface area contributed by atoms with E-state index in [1.165, 1.54) is 16.9 Å². The van der Waals surface area contributed by atoms with Gasteiger partial charge in [-0.2, -0.15) is 0 Å². The van der Waals surface area contributed by atoms with Gasteiger partial charge in [-0.05, 0) is 48.6 Å². The van der Waals surface area contributed by atoms with Crippen LogP contribution < -0.4 is 10.1 Å². The molecule has 4 heteroatoms. The van der Waals surface area contributed by atoms with Crippen LogP contribution in [0.5, 0.6) is 5.75 Å². The van der Waals surface area contributed by atoms with E-state index in [2.05, 4.69) is 12.2 Å². The van der Waals surface area contributed by atoms with Crippen molar-refractivity contribution in [2.45, 2.75) is 26.9 Å². The molecule has 3 rings (SSSR count). The highest BCUT2D eigenvalue weighted by atomic mass is 32.1. The van der Waals surface area contributed by atoms with Crippen molar-refractivity contribution in [1.82, 2.24) is 0 Å². The van der Waals surface area contributed by atoms with Crippen LogP contribution in [-0.4, -0.2) is 5.91 Å². The molecule has 0 fully saturated rings. The van der Waals surface area contributed by atoms with Gasteiger partial charge in [0.05, 0.1) is 4.88 Å². The highest BCUT2D eigenvalue weighted by Crippen LogP contribution is 2.23. The van der Waals surface area contributed by atoms with Gasteiger partial charge in [-0.25, -0.2) is 0 Å². The monoisotopic (exact) mass is 377 g/mol. The van der Waals surface area contributed by atoms with Crippen molar-refractivity contribution in [1.29, 1.82) is 0 Å². The number of nitrogens with one attached hydrogen (secondary N) is 1. The average molecular weight is 378 g/mol. The number of para-hydroxylation sites is 1. The molecule has 0 saturated heterocycles. The Bertz CT molecular complexity index is 926. The highest BCUT2D eigenvalue weighted by Gasteiger charge is 2.10. The molecule has 138 valence electrons. The third kappa shape index (κ3) is 5.08. The minimum atomic E-state index is -0.0928. The summed E-state index contributed by atoms with van der Waals surface area (Å²) in [6, 6.07) is 17.7. The number of benzene rings is 2. The summed E-state index contributed by atoms with van der Waals surface area (Å²) in [5.41, 5.74) is 4.09. The van der Waals surface area contributed by atoms with Crippen molar-refractivity contribution in [2.24, 2.45) is 0 Å². The Morgan fingerprint density at radius 3 is 2.63 bits per heavy atom. The van der Waals surface area contributed by atoms with Crippen molar-refractivity contribution in [3.63, 3.8) is 0 Å². The highest BCUT2D eigenvalue weighted by molar-refractivity contribution is 7.12. The first-order valence-electron chi connectivity index (χ1n) is 9.02. The van der Waals surface area contributed by atoms with E-state index in [0.717, 1.165) is 29.0 Å². The second-order valence-corrected chi connectivity index (χ2v) is 7.06. The number of hydrogen-bond donors (Lipinski definition) is 1. The normalized spacial score (nSPS) is 10.9. The molecule has 0 aliphatic heterocycles. The van der Waals surface area contributed by atoms with Crippen LogP contribution in [0, 0.1) is 0 Å². The minimum absolute atomic E-state index is 0.0928. The Morgan fingerprint density at radius 2 is 1.89 bits per heavy atom. The molecule has 0 atom stereocenters. The molecule has 0 radical (unpaired) electrons. The molecule has 3 aromatic rings. The van der Waals surface area contributed by atoms with Crippen molar-refractivity contribution in [2.75, 3.05) is 5.32 Å². The fourth-order valence-corrected chi connectivity index (χ4v) is 3.47. The van der Waals surface area contributed by atoms with Crippen molar-refractivity contribution >= 4 is 29.0 Å². The molecular formula is C23H23NO2S. The van der Waals surface area contributed by atoms with Crippen LogP contribution in [0.3, 0.4) is 0 Å². The molecule has 0 aliphatic carbocycles. The lowest BCUT2D eigenvalue weighted by atomic mass is 10.1. The number of rotatable bonds is 7. The summed E-state index contributed by atoms with van der Waals surface area (Å²) in [5, 5.41) is 4.91. The van der Waals surface area contributed by atoms with E-state index in [9.17, 15) is 4.79 Å². The number of carbonyl (C=O) groups excluding carboxylic acids is 1. The molecule has 1 aromatic heterocycles. The minimum Gasteiger partial charge on any atom is -0.488 e. The van der Waals surface area contributed by atoms with E-state index in [1.54, 1.807) is 0 Å². The van der Waals surface area contributed by atoms with E-state index in [-0.39, 0.29) is 5.91 Å². The maximum atomic E-state index is 12.4. The van der Waals surface area contributed by atoms with Crippen LogP contribution in [0.4, 0.5) is 5.69 Å². The maximum Gasteiger partial charge on any atom is 0.265 e. The number of amides is 1. The van der Waals surface area contributed by atoms with Gasteiger partial charge in [0.15, 0.2) is 0 Å². The number of allylic oxidation sites excluding steroid dienone is 1. The molecular weight excluding hydrogens is 354 g/mol. The number of aryl methyl sites for hydroxylation is 1. The number of carbonyl (C=O) groups is 1. The predicted molar refractivity (Wildman–Crippen MR) is 114 cm³/mol. The van der Waals surface area contributed by atoms with E-state index in [4.69, 9.17) is 4.74 Å². The van der Waals surface area contributed by atoms with E-state index < -0.39 is 0 Å². The summed E-state index contributed by atoms with van der Waals surface area (Å²) in [4.78, 5) is 13.1. The average Bonchev–Trinajstić information content (AvgIpc) is 3.17. The zero-order chi connectivity index (χ0) is 19.1. The zero-order valence-corrected chi connectivity index (χ0v) is 16.4. The Kier molecular flexibility index (Phi) is 6.44. The van der Waals surface area contributed by atoms with E-state index in [1.807, 2.05) is 79.1 Å². The Labute approximate surface area is 164 Å². The van der Waals surface area contributed by atoms with Crippen LogP contribution >= 0.6 is 11.3 Å². The first-order chi connectivity index (χ1) is 13.2. The lowest BCUT2D eigenvalue weighted by molar-refractivity contribution is 0.103. The summed E-state index contributed by atoms with van der Waals surface area (Å²) in [5.74, 6) is 0.744. The molecule has 1 heterocycles. The summed E-state index contributed by atoms with van der Waals surface area (Å²) >= 11 is 1.43. The third-order valence-electron chi connectivity index (χ3n) is 4.16. The van der Waals surface area contributed by atoms with Crippen LogP contribution in [0.2, 0.25) is 0 Å². The molecule has 2 aromatic carbocycles. The largest absolute Gasteiger partial charge is 0.488 e. The Balaban J connectivity index is 1.61. The predicted octanol–water partition coefficient (Wildman–Crippen LogP) is 6.17. The molecule has 0 unspecified atom stereocenters. The smallest absolute Gasteiger partial charge is 0.265 e. The topological polar surface area (TPSA) is 38.3 Å². The fourth-order valence-electron chi connectivity index (χ4n) is 2.68. The van der Waals surface area contributed by atoms with Gasteiger partial charge in [0, 0.05) is 16.8 Å². The number of thiophene rings is 1. The summed E-state index contributed by atoms with van der Waals surface area (Å²) in [6.07, 6.45) is 4.99.